The highest BCUT2D eigenvalue weighted by molar-refractivity contribution is 6.04. The molecule has 0 aromatic heterocycles. The first-order valence-electron chi connectivity index (χ1n) is 18.3. The van der Waals surface area contributed by atoms with Crippen LogP contribution in [0.5, 0.6) is 0 Å². The van der Waals surface area contributed by atoms with Crippen LogP contribution in [-0.4, -0.2) is 137 Å². The number of rotatable bonds is 9. The van der Waals surface area contributed by atoms with Crippen molar-refractivity contribution in [1.82, 2.24) is 14.7 Å². The molecule has 0 amide bonds. The maximum Gasteiger partial charge on any atom is 0.319 e. The molecule has 4 aliphatic rings. The predicted octanol–water partition coefficient (Wildman–Crippen LogP) is 4.34. The van der Waals surface area contributed by atoms with Crippen LogP contribution in [0.15, 0.2) is 0 Å². The van der Waals surface area contributed by atoms with E-state index >= 15 is 0 Å². The lowest BCUT2D eigenvalue weighted by Gasteiger charge is -2.48. The topological polar surface area (TPSA) is 90.0 Å². The zero-order chi connectivity index (χ0) is 34.7. The number of Topliss-reactive ketones (excluding diaryl/α,β-unsaturated/α-hetero) is 1. The first-order valence-corrected chi connectivity index (χ1v) is 18.3. The third-order valence-electron chi connectivity index (χ3n) is 11.9. The summed E-state index contributed by atoms with van der Waals surface area (Å²) in [4.78, 5) is 34.9. The molecule has 10 heteroatoms. The van der Waals surface area contributed by atoms with Gasteiger partial charge in [0.15, 0.2) is 12.1 Å². The number of carbonyl (C=O) groups is 2. The summed E-state index contributed by atoms with van der Waals surface area (Å²) in [5, 5.41) is 0. The van der Waals surface area contributed by atoms with Gasteiger partial charge in [0.25, 0.3) is 0 Å². The quantitative estimate of drug-likeness (QED) is 0.262. The maximum atomic E-state index is 14.2. The van der Waals surface area contributed by atoms with Gasteiger partial charge >= 0.3 is 5.97 Å². The molecule has 4 rings (SSSR count). The molecule has 3 heterocycles. The minimum Gasteiger partial charge on any atom is -0.464 e. The van der Waals surface area contributed by atoms with Crippen molar-refractivity contribution in [2.75, 3.05) is 74.3 Å². The Bertz CT molecular complexity index is 1030. The fourth-order valence-corrected chi connectivity index (χ4v) is 8.80. The Kier molecular flexibility index (Phi) is 13.4. The van der Waals surface area contributed by atoms with E-state index in [-0.39, 0.29) is 36.4 Å². The van der Waals surface area contributed by atoms with Crippen molar-refractivity contribution in [3.05, 3.63) is 0 Å². The lowest BCUT2D eigenvalue weighted by Crippen LogP contribution is -2.57. The van der Waals surface area contributed by atoms with E-state index in [1.54, 1.807) is 21.0 Å². The fourth-order valence-electron chi connectivity index (χ4n) is 8.80. The minimum atomic E-state index is -1.32. The molecule has 10 nitrogen and oxygen atoms in total. The van der Waals surface area contributed by atoms with E-state index in [4.69, 9.17) is 23.7 Å². The van der Waals surface area contributed by atoms with Crippen LogP contribution >= 0.6 is 0 Å². The van der Waals surface area contributed by atoms with Crippen molar-refractivity contribution in [2.24, 2.45) is 35.0 Å². The second-order valence-electron chi connectivity index (χ2n) is 16.7. The third kappa shape index (κ3) is 9.35. The van der Waals surface area contributed by atoms with Gasteiger partial charge in [-0.05, 0) is 98.7 Å². The van der Waals surface area contributed by atoms with Crippen LogP contribution in [0.25, 0.3) is 0 Å². The molecule has 1 saturated carbocycles. The summed E-state index contributed by atoms with van der Waals surface area (Å²) in [6.07, 6.45) is 4.03. The smallest absolute Gasteiger partial charge is 0.319 e. The Morgan fingerprint density at radius 3 is 2.30 bits per heavy atom. The Hall–Kier alpha value is -1.14. The van der Waals surface area contributed by atoms with E-state index in [0.29, 0.717) is 30.8 Å². The van der Waals surface area contributed by atoms with Crippen LogP contribution in [0, 0.1) is 35.0 Å². The van der Waals surface area contributed by atoms with Crippen molar-refractivity contribution in [1.29, 1.82) is 0 Å². The van der Waals surface area contributed by atoms with Gasteiger partial charge < -0.3 is 33.5 Å². The molecule has 0 N–H and O–H groups in total. The summed E-state index contributed by atoms with van der Waals surface area (Å²) in [5.41, 5.74) is -2.12. The monoisotopic (exact) mass is 665 g/mol. The largest absolute Gasteiger partial charge is 0.464 e. The van der Waals surface area contributed by atoms with E-state index in [0.717, 1.165) is 39.3 Å². The molecule has 4 fully saturated rings. The number of hydrogen-bond acceptors (Lipinski definition) is 10. The Morgan fingerprint density at radius 1 is 0.979 bits per heavy atom. The molecule has 1 unspecified atom stereocenters. The maximum absolute atomic E-state index is 14.2. The van der Waals surface area contributed by atoms with E-state index < -0.39 is 35.3 Å². The molecular weight excluding hydrogens is 598 g/mol. The lowest BCUT2D eigenvalue weighted by atomic mass is 9.74. The lowest BCUT2D eigenvalue weighted by molar-refractivity contribution is -0.281. The number of nitrogens with zero attached hydrogens (tertiary/aromatic N) is 3. The van der Waals surface area contributed by atoms with Gasteiger partial charge in [-0.25, -0.2) is 0 Å². The molecule has 272 valence electrons. The minimum absolute atomic E-state index is 0.0136. The summed E-state index contributed by atoms with van der Waals surface area (Å²) in [6, 6.07) is 0.897. The standard InChI is InChI=1S/C37H67N3O7/c1-24-19-37(7,43-11)33(47-34-26(3)31(38(8)9)16-25(2)46-34)27(4)32(41)36(5,6)35(42)45-15-13-40(20-24)22-29-17-30(18-29)39(10)21-28-12-14-44-23-28/h24-31,33-34H,12-23H2,1-11H3/t24-,25-,26-,27+,28?,29?,30?,31+,33-,34+,37-/m1/s1. The van der Waals surface area contributed by atoms with Gasteiger partial charge in [0.2, 0.25) is 0 Å². The van der Waals surface area contributed by atoms with Crippen LogP contribution in [0.2, 0.25) is 0 Å². The van der Waals surface area contributed by atoms with Crippen LogP contribution in [0.3, 0.4) is 0 Å². The summed E-state index contributed by atoms with van der Waals surface area (Å²) in [7, 11) is 8.16. The van der Waals surface area contributed by atoms with Gasteiger partial charge in [-0.3, -0.25) is 14.5 Å². The number of hydrogen-bond donors (Lipinski definition) is 0. The summed E-state index contributed by atoms with van der Waals surface area (Å²) in [6.45, 7) is 19.4. The molecule has 0 spiro atoms. The molecule has 0 radical (unpaired) electrons. The normalized spacial score (nSPS) is 41.2. The van der Waals surface area contributed by atoms with Gasteiger partial charge in [0.05, 0.1) is 24.4 Å². The molecule has 3 aliphatic heterocycles. The first kappa shape index (κ1) is 38.7. The predicted molar refractivity (Wildman–Crippen MR) is 183 cm³/mol. The summed E-state index contributed by atoms with van der Waals surface area (Å²) < 4.78 is 31.1. The molecule has 0 aromatic carbocycles. The van der Waals surface area contributed by atoms with Crippen molar-refractivity contribution in [2.45, 2.75) is 117 Å². The SMILES string of the molecule is CO[C@]1(C)C[C@@H](C)CN(CC2CC(N(C)CC3CCOC3)C2)CCOC(=O)C(C)(C)C(=O)[C@H](C)[C@H]1O[C@@H]1O[C@H](C)C[C@H](N(C)C)[C@H]1C. The van der Waals surface area contributed by atoms with Crippen molar-refractivity contribution in [3.8, 4) is 0 Å². The highest BCUT2D eigenvalue weighted by Gasteiger charge is 2.51. The van der Waals surface area contributed by atoms with E-state index in [1.165, 1.54) is 19.3 Å². The van der Waals surface area contributed by atoms with E-state index in [9.17, 15) is 9.59 Å². The summed E-state index contributed by atoms with van der Waals surface area (Å²) in [5.74, 6) is 0.283. The summed E-state index contributed by atoms with van der Waals surface area (Å²) >= 11 is 0. The molecule has 0 bridgehead atoms. The average Bonchev–Trinajstić information content (AvgIpc) is 3.49. The van der Waals surface area contributed by atoms with Crippen molar-refractivity contribution in [3.63, 3.8) is 0 Å². The second-order valence-corrected chi connectivity index (χ2v) is 16.7. The van der Waals surface area contributed by atoms with Crippen LogP contribution in [0.1, 0.15) is 80.6 Å². The number of carbonyl (C=O) groups excluding carboxylic acids is 2. The highest BCUT2D eigenvalue weighted by Crippen LogP contribution is 2.40. The molecule has 3 saturated heterocycles. The highest BCUT2D eigenvalue weighted by atomic mass is 16.7. The number of ether oxygens (including phenoxy) is 5. The molecule has 47 heavy (non-hydrogen) atoms. The van der Waals surface area contributed by atoms with E-state index in [2.05, 4.69) is 63.5 Å². The fraction of sp³-hybridized carbons (Fsp3) is 0.946. The first-order chi connectivity index (χ1) is 22.0. The van der Waals surface area contributed by atoms with E-state index in [1.807, 2.05) is 6.92 Å². The van der Waals surface area contributed by atoms with Gasteiger partial charge in [-0.15, -0.1) is 0 Å². The number of cyclic esters (lactones) is 1. The number of esters is 1. The molecule has 0 aromatic rings. The van der Waals surface area contributed by atoms with Crippen LogP contribution in [0.4, 0.5) is 0 Å². The number of methoxy groups -OCH3 is 1. The van der Waals surface area contributed by atoms with Crippen molar-refractivity contribution < 1.29 is 33.3 Å². The zero-order valence-electron chi connectivity index (χ0n) is 31.5. The van der Waals surface area contributed by atoms with Gasteiger partial charge in [-0.2, -0.15) is 0 Å². The Morgan fingerprint density at radius 2 is 1.68 bits per heavy atom. The molecular formula is C37H67N3O7. The second kappa shape index (κ2) is 16.3. The van der Waals surface area contributed by atoms with Crippen LogP contribution < -0.4 is 0 Å². The zero-order valence-corrected chi connectivity index (χ0v) is 31.5. The Balaban J connectivity index is 1.51. The average molecular weight is 666 g/mol. The number of ketones is 1. The van der Waals surface area contributed by atoms with Gasteiger partial charge in [0.1, 0.15) is 12.0 Å². The van der Waals surface area contributed by atoms with Gasteiger partial charge in [0, 0.05) is 63.8 Å². The van der Waals surface area contributed by atoms with Gasteiger partial charge in [-0.1, -0.05) is 20.8 Å². The molecule has 9 atom stereocenters. The molecule has 1 aliphatic carbocycles. The Labute approximate surface area is 285 Å². The van der Waals surface area contributed by atoms with Crippen LogP contribution in [-0.2, 0) is 33.3 Å². The third-order valence-corrected chi connectivity index (χ3v) is 11.9. The van der Waals surface area contributed by atoms with Crippen molar-refractivity contribution >= 4 is 11.8 Å².